The minimum Gasteiger partial charge on any atom is -0.465 e. The van der Waals surface area contributed by atoms with Crippen LogP contribution in [0.25, 0.3) is 5.65 Å². The van der Waals surface area contributed by atoms with Gasteiger partial charge in [0.25, 0.3) is 0 Å². The number of ether oxygens (including phenoxy) is 1. The molecule has 2 heterocycles. The number of carbonyl (C=O) groups is 2. The Morgan fingerprint density at radius 2 is 2.00 bits per heavy atom. The summed E-state index contributed by atoms with van der Waals surface area (Å²) >= 11 is 6.98. The summed E-state index contributed by atoms with van der Waals surface area (Å²) in [4.78, 5) is 27.8. The third-order valence-corrected chi connectivity index (χ3v) is 4.80. The first-order chi connectivity index (χ1) is 13.2. The fourth-order valence-electron chi connectivity index (χ4n) is 2.26. The van der Waals surface area contributed by atoms with Crippen LogP contribution in [-0.2, 0) is 9.53 Å². The number of amides is 1. The second kappa shape index (κ2) is 7.72. The number of hydrogen-bond donors (Lipinski definition) is 1. The maximum absolute atomic E-state index is 12.7. The van der Waals surface area contributed by atoms with Crippen molar-refractivity contribution >= 4 is 46.7 Å². The normalized spacial score (nSPS) is 11.5. The Bertz CT molecular complexity index is 1070. The van der Waals surface area contributed by atoms with Crippen molar-refractivity contribution in [1.29, 1.82) is 0 Å². The molecule has 0 aliphatic carbocycles. The van der Waals surface area contributed by atoms with Crippen LogP contribution in [0.1, 0.15) is 10.4 Å². The van der Waals surface area contributed by atoms with E-state index in [4.69, 9.17) is 11.6 Å². The number of aromatic nitrogens is 2. The van der Waals surface area contributed by atoms with Crippen molar-refractivity contribution in [2.24, 2.45) is 0 Å². The summed E-state index contributed by atoms with van der Waals surface area (Å²) < 4.78 is 44.1. The molecule has 1 N–H and O–H groups in total. The number of rotatable bonds is 4. The Balaban J connectivity index is 2.12. The van der Waals surface area contributed by atoms with Gasteiger partial charge in [0, 0.05) is 16.1 Å². The molecule has 0 saturated heterocycles. The highest BCUT2D eigenvalue weighted by Crippen LogP contribution is 2.36. The highest BCUT2D eigenvalue weighted by Gasteiger charge is 2.39. The van der Waals surface area contributed by atoms with Gasteiger partial charge in [-0.1, -0.05) is 29.4 Å². The first kappa shape index (κ1) is 20.0. The Hall–Kier alpha value is -2.72. The average Bonchev–Trinajstić information content (AvgIpc) is 2.97. The van der Waals surface area contributed by atoms with Gasteiger partial charge in [0.15, 0.2) is 5.82 Å². The van der Waals surface area contributed by atoms with E-state index in [1.807, 2.05) is 0 Å². The standard InChI is InChI=1S/C17H11ClF3N3O3S/c1-27-15(25)9-5-6-12-22-13(23-16(26)17(19,20)21)14(24(12)8-9)28-11-4-2-3-10(18)7-11/h2-8H,1H3,(H,23,26). The number of imidazole rings is 1. The van der Waals surface area contributed by atoms with Crippen LogP contribution in [-0.4, -0.2) is 34.5 Å². The number of pyridine rings is 1. The SMILES string of the molecule is COC(=O)c1ccc2nc(NC(=O)C(F)(F)F)c(Sc3cccc(Cl)c3)n2c1. The maximum atomic E-state index is 12.7. The van der Waals surface area contributed by atoms with Crippen LogP contribution in [0.5, 0.6) is 0 Å². The number of anilines is 1. The Labute approximate surface area is 165 Å². The zero-order valence-corrected chi connectivity index (χ0v) is 15.7. The molecule has 0 aliphatic heterocycles. The van der Waals surface area contributed by atoms with Crippen LogP contribution >= 0.6 is 23.4 Å². The van der Waals surface area contributed by atoms with Crippen LogP contribution in [0.3, 0.4) is 0 Å². The summed E-state index contributed by atoms with van der Waals surface area (Å²) in [6, 6.07) is 9.44. The largest absolute Gasteiger partial charge is 0.471 e. The van der Waals surface area contributed by atoms with Crippen molar-refractivity contribution in [3.05, 3.63) is 53.2 Å². The second-order valence-corrected chi connectivity index (χ2v) is 6.91. The summed E-state index contributed by atoms with van der Waals surface area (Å²) in [6.45, 7) is 0. The fraction of sp³-hybridized carbons (Fsp3) is 0.118. The van der Waals surface area contributed by atoms with Crippen molar-refractivity contribution in [1.82, 2.24) is 9.38 Å². The van der Waals surface area contributed by atoms with Gasteiger partial charge in [-0.25, -0.2) is 9.78 Å². The number of benzene rings is 1. The molecule has 11 heteroatoms. The number of hydrogen-bond acceptors (Lipinski definition) is 5. The van der Waals surface area contributed by atoms with Crippen molar-refractivity contribution in [2.45, 2.75) is 16.1 Å². The number of fused-ring (bicyclic) bond motifs is 1. The highest BCUT2D eigenvalue weighted by atomic mass is 35.5. The van der Waals surface area contributed by atoms with Gasteiger partial charge in [-0.15, -0.1) is 0 Å². The molecule has 3 aromatic rings. The molecule has 0 bridgehead atoms. The number of nitrogens with zero attached hydrogens (tertiary/aromatic N) is 2. The summed E-state index contributed by atoms with van der Waals surface area (Å²) in [5.74, 6) is -3.08. The molecule has 0 unspecified atom stereocenters. The highest BCUT2D eigenvalue weighted by molar-refractivity contribution is 7.99. The van der Waals surface area contributed by atoms with E-state index in [2.05, 4.69) is 9.72 Å². The smallest absolute Gasteiger partial charge is 0.465 e. The molecule has 0 atom stereocenters. The molecule has 3 rings (SSSR count). The van der Waals surface area contributed by atoms with E-state index < -0.39 is 18.1 Å². The molecule has 146 valence electrons. The van der Waals surface area contributed by atoms with Gasteiger partial charge in [0.1, 0.15) is 10.7 Å². The van der Waals surface area contributed by atoms with E-state index in [0.29, 0.717) is 9.92 Å². The molecule has 6 nitrogen and oxygen atoms in total. The predicted molar refractivity (Wildman–Crippen MR) is 96.8 cm³/mol. The monoisotopic (exact) mass is 429 g/mol. The van der Waals surface area contributed by atoms with Crippen LogP contribution in [0.2, 0.25) is 5.02 Å². The lowest BCUT2D eigenvalue weighted by atomic mass is 10.3. The third-order valence-electron chi connectivity index (χ3n) is 3.50. The molecule has 2 aromatic heterocycles. The van der Waals surface area contributed by atoms with Gasteiger partial charge in [0.2, 0.25) is 0 Å². The second-order valence-electron chi connectivity index (χ2n) is 5.41. The molecule has 0 aliphatic rings. The number of halogens is 4. The van der Waals surface area contributed by atoms with E-state index in [-0.39, 0.29) is 22.1 Å². The van der Waals surface area contributed by atoms with Crippen LogP contribution < -0.4 is 5.32 Å². The van der Waals surface area contributed by atoms with Crippen LogP contribution in [0.15, 0.2) is 52.5 Å². The molecule has 1 aromatic carbocycles. The summed E-state index contributed by atoms with van der Waals surface area (Å²) in [5.41, 5.74) is 0.392. The van der Waals surface area contributed by atoms with E-state index in [1.54, 1.807) is 29.6 Å². The summed E-state index contributed by atoms with van der Waals surface area (Å²) in [6.07, 6.45) is -3.71. The van der Waals surface area contributed by atoms with Crippen molar-refractivity contribution < 1.29 is 27.5 Å². The molecule has 0 radical (unpaired) electrons. The first-order valence-electron chi connectivity index (χ1n) is 7.61. The number of esters is 1. The first-order valence-corrected chi connectivity index (χ1v) is 8.80. The maximum Gasteiger partial charge on any atom is 0.471 e. The van der Waals surface area contributed by atoms with Crippen LogP contribution in [0, 0.1) is 0 Å². The van der Waals surface area contributed by atoms with Crippen molar-refractivity contribution in [2.75, 3.05) is 12.4 Å². The van der Waals surface area contributed by atoms with E-state index >= 15 is 0 Å². The molecule has 0 fully saturated rings. The third kappa shape index (κ3) is 4.23. The molecule has 0 spiro atoms. The van der Waals surface area contributed by atoms with Crippen LogP contribution in [0.4, 0.5) is 19.0 Å². The number of alkyl halides is 3. The lowest BCUT2D eigenvalue weighted by molar-refractivity contribution is -0.167. The van der Waals surface area contributed by atoms with Gasteiger partial charge < -0.3 is 10.1 Å². The fourth-order valence-corrected chi connectivity index (χ4v) is 3.51. The lowest BCUT2D eigenvalue weighted by Crippen LogP contribution is -2.30. The number of methoxy groups -OCH3 is 1. The predicted octanol–water partition coefficient (Wildman–Crippen LogP) is 4.43. The van der Waals surface area contributed by atoms with Gasteiger partial charge in [-0.2, -0.15) is 13.2 Å². The quantitative estimate of drug-likeness (QED) is 0.621. The summed E-state index contributed by atoms with van der Waals surface area (Å²) in [5, 5.41) is 2.36. The Kier molecular flexibility index (Phi) is 5.52. The van der Waals surface area contributed by atoms with Gasteiger partial charge >= 0.3 is 18.1 Å². The molecule has 0 saturated carbocycles. The minimum atomic E-state index is -5.08. The lowest BCUT2D eigenvalue weighted by Gasteiger charge is -2.09. The van der Waals surface area contributed by atoms with Gasteiger partial charge in [-0.3, -0.25) is 9.20 Å². The topological polar surface area (TPSA) is 72.7 Å². The van der Waals surface area contributed by atoms with E-state index in [1.165, 1.54) is 29.8 Å². The Morgan fingerprint density at radius 1 is 1.25 bits per heavy atom. The zero-order valence-electron chi connectivity index (χ0n) is 14.1. The Morgan fingerprint density at radius 3 is 2.64 bits per heavy atom. The minimum absolute atomic E-state index is 0.161. The van der Waals surface area contributed by atoms with E-state index in [9.17, 15) is 22.8 Å². The van der Waals surface area contributed by atoms with Gasteiger partial charge in [-0.05, 0) is 30.3 Å². The number of carbonyl (C=O) groups excluding carboxylic acids is 2. The molecule has 28 heavy (non-hydrogen) atoms. The van der Waals surface area contributed by atoms with E-state index in [0.717, 1.165) is 11.8 Å². The zero-order chi connectivity index (χ0) is 20.5. The van der Waals surface area contributed by atoms with Crippen molar-refractivity contribution in [3.8, 4) is 0 Å². The number of nitrogens with one attached hydrogen (secondary N) is 1. The molecular formula is C17H11ClF3N3O3S. The molecule has 1 amide bonds. The van der Waals surface area contributed by atoms with Crippen molar-refractivity contribution in [3.63, 3.8) is 0 Å². The average molecular weight is 430 g/mol. The van der Waals surface area contributed by atoms with Gasteiger partial charge in [0.05, 0.1) is 12.7 Å². The summed E-state index contributed by atoms with van der Waals surface area (Å²) in [7, 11) is 1.21. The molecular weight excluding hydrogens is 419 g/mol.